The minimum absolute atomic E-state index is 0.245. The summed E-state index contributed by atoms with van der Waals surface area (Å²) in [7, 11) is 0. The number of benzene rings is 2. The lowest BCUT2D eigenvalue weighted by Crippen LogP contribution is -1.96. The SMILES string of the molecule is CCNc1ccc(Oc2ccc(C(=O)O)cc2)cc1. The Morgan fingerprint density at radius 3 is 2.05 bits per heavy atom. The monoisotopic (exact) mass is 257 g/mol. The number of hydrogen-bond acceptors (Lipinski definition) is 3. The van der Waals surface area contributed by atoms with Crippen LogP contribution in [0.1, 0.15) is 17.3 Å². The van der Waals surface area contributed by atoms with Crippen molar-refractivity contribution in [3.63, 3.8) is 0 Å². The van der Waals surface area contributed by atoms with E-state index >= 15 is 0 Å². The van der Waals surface area contributed by atoms with Crippen molar-refractivity contribution < 1.29 is 14.6 Å². The lowest BCUT2D eigenvalue weighted by Gasteiger charge is -2.07. The first-order valence-corrected chi connectivity index (χ1v) is 6.04. The molecule has 0 radical (unpaired) electrons. The molecule has 0 bridgehead atoms. The van der Waals surface area contributed by atoms with Gasteiger partial charge in [-0.2, -0.15) is 0 Å². The molecule has 4 heteroatoms. The maximum Gasteiger partial charge on any atom is 0.335 e. The van der Waals surface area contributed by atoms with Crippen LogP contribution in [0.4, 0.5) is 5.69 Å². The van der Waals surface area contributed by atoms with Crippen molar-refractivity contribution in [2.24, 2.45) is 0 Å². The molecule has 0 amide bonds. The normalized spacial score (nSPS) is 9.95. The molecule has 2 N–H and O–H groups in total. The second kappa shape index (κ2) is 5.91. The number of carboxylic acid groups (broad SMARTS) is 1. The summed E-state index contributed by atoms with van der Waals surface area (Å²) in [5, 5.41) is 12.0. The molecule has 0 aromatic heterocycles. The summed E-state index contributed by atoms with van der Waals surface area (Å²) < 4.78 is 5.63. The molecule has 0 saturated heterocycles. The Hall–Kier alpha value is -2.49. The van der Waals surface area contributed by atoms with Gasteiger partial charge in [-0.25, -0.2) is 4.79 Å². The fraction of sp³-hybridized carbons (Fsp3) is 0.133. The fourth-order valence-corrected chi connectivity index (χ4v) is 1.65. The van der Waals surface area contributed by atoms with E-state index in [4.69, 9.17) is 9.84 Å². The third kappa shape index (κ3) is 3.48. The topological polar surface area (TPSA) is 58.6 Å². The van der Waals surface area contributed by atoms with Crippen LogP contribution < -0.4 is 10.1 Å². The van der Waals surface area contributed by atoms with Crippen LogP contribution in [-0.4, -0.2) is 17.6 Å². The van der Waals surface area contributed by atoms with Crippen molar-refractivity contribution in [1.82, 2.24) is 0 Å². The van der Waals surface area contributed by atoms with Crippen molar-refractivity contribution in [3.8, 4) is 11.5 Å². The van der Waals surface area contributed by atoms with Crippen LogP contribution in [0.2, 0.25) is 0 Å². The third-order valence-corrected chi connectivity index (χ3v) is 2.57. The minimum Gasteiger partial charge on any atom is -0.478 e. The van der Waals surface area contributed by atoms with Crippen molar-refractivity contribution in [2.75, 3.05) is 11.9 Å². The Kier molecular flexibility index (Phi) is 4.03. The van der Waals surface area contributed by atoms with Gasteiger partial charge in [0.1, 0.15) is 11.5 Å². The highest BCUT2D eigenvalue weighted by Gasteiger charge is 2.03. The number of aromatic carboxylic acids is 1. The third-order valence-electron chi connectivity index (χ3n) is 2.57. The van der Waals surface area contributed by atoms with Crippen molar-refractivity contribution in [1.29, 1.82) is 0 Å². The number of nitrogens with one attached hydrogen (secondary N) is 1. The molecule has 0 fully saturated rings. The average Bonchev–Trinajstić information content (AvgIpc) is 2.42. The summed E-state index contributed by atoms with van der Waals surface area (Å²) >= 11 is 0. The average molecular weight is 257 g/mol. The number of rotatable bonds is 5. The second-order valence-corrected chi connectivity index (χ2v) is 3.99. The Labute approximate surface area is 111 Å². The lowest BCUT2D eigenvalue weighted by molar-refractivity contribution is 0.0697. The number of carboxylic acids is 1. The van der Waals surface area contributed by atoms with Gasteiger partial charge in [-0.05, 0) is 55.5 Å². The smallest absolute Gasteiger partial charge is 0.335 e. The predicted molar refractivity (Wildman–Crippen MR) is 74.1 cm³/mol. The first-order chi connectivity index (χ1) is 9.19. The highest BCUT2D eigenvalue weighted by atomic mass is 16.5. The van der Waals surface area contributed by atoms with Gasteiger partial charge >= 0.3 is 5.97 Å². The molecule has 2 aromatic carbocycles. The first-order valence-electron chi connectivity index (χ1n) is 6.04. The summed E-state index contributed by atoms with van der Waals surface area (Å²) in [4.78, 5) is 10.7. The Morgan fingerprint density at radius 2 is 1.58 bits per heavy atom. The molecule has 4 nitrogen and oxygen atoms in total. The zero-order valence-electron chi connectivity index (χ0n) is 10.6. The first kappa shape index (κ1) is 13.0. The molecule has 0 spiro atoms. The molecule has 19 heavy (non-hydrogen) atoms. The number of anilines is 1. The van der Waals surface area contributed by atoms with E-state index in [1.807, 2.05) is 31.2 Å². The van der Waals surface area contributed by atoms with E-state index in [1.165, 1.54) is 12.1 Å². The molecule has 2 aromatic rings. The summed E-state index contributed by atoms with van der Waals surface area (Å²) in [6, 6.07) is 13.9. The van der Waals surface area contributed by atoms with E-state index in [-0.39, 0.29) is 5.56 Å². The molecular formula is C15H15NO3. The lowest BCUT2D eigenvalue weighted by atomic mass is 10.2. The molecule has 0 saturated carbocycles. The van der Waals surface area contributed by atoms with Gasteiger partial charge in [-0.15, -0.1) is 0 Å². The van der Waals surface area contributed by atoms with Crippen LogP contribution in [0.25, 0.3) is 0 Å². The van der Waals surface area contributed by atoms with Gasteiger partial charge in [0.2, 0.25) is 0 Å². The van der Waals surface area contributed by atoms with Crippen LogP contribution in [0, 0.1) is 0 Å². The number of hydrogen-bond donors (Lipinski definition) is 2. The zero-order chi connectivity index (χ0) is 13.7. The van der Waals surface area contributed by atoms with Crippen LogP contribution in [0.3, 0.4) is 0 Å². The van der Waals surface area contributed by atoms with Gasteiger partial charge in [-0.3, -0.25) is 0 Å². The summed E-state index contributed by atoms with van der Waals surface area (Å²) in [5.74, 6) is 0.382. The Balaban J connectivity index is 2.06. The van der Waals surface area contributed by atoms with Crippen LogP contribution in [-0.2, 0) is 0 Å². The second-order valence-electron chi connectivity index (χ2n) is 3.99. The quantitative estimate of drug-likeness (QED) is 0.859. The Bertz CT molecular complexity index is 547. The van der Waals surface area contributed by atoms with Crippen molar-refractivity contribution in [2.45, 2.75) is 6.92 Å². The summed E-state index contributed by atoms with van der Waals surface area (Å²) in [6.07, 6.45) is 0. The zero-order valence-corrected chi connectivity index (χ0v) is 10.6. The fourth-order valence-electron chi connectivity index (χ4n) is 1.65. The van der Waals surface area contributed by atoms with E-state index in [9.17, 15) is 4.79 Å². The molecule has 2 rings (SSSR count). The molecule has 0 aliphatic rings. The molecular weight excluding hydrogens is 242 g/mol. The minimum atomic E-state index is -0.943. The molecule has 98 valence electrons. The van der Waals surface area contributed by atoms with E-state index < -0.39 is 5.97 Å². The van der Waals surface area contributed by atoms with E-state index in [2.05, 4.69) is 5.32 Å². The van der Waals surface area contributed by atoms with Crippen molar-refractivity contribution in [3.05, 3.63) is 54.1 Å². The van der Waals surface area contributed by atoms with E-state index in [0.717, 1.165) is 12.2 Å². The van der Waals surface area contributed by atoms with Gasteiger partial charge in [-0.1, -0.05) is 0 Å². The predicted octanol–water partition coefficient (Wildman–Crippen LogP) is 3.61. The largest absolute Gasteiger partial charge is 0.478 e. The van der Waals surface area contributed by atoms with Gasteiger partial charge in [0, 0.05) is 12.2 Å². The Morgan fingerprint density at radius 1 is 1.05 bits per heavy atom. The molecule has 0 aliphatic heterocycles. The highest BCUT2D eigenvalue weighted by Crippen LogP contribution is 2.23. The van der Waals surface area contributed by atoms with Gasteiger partial charge < -0.3 is 15.2 Å². The summed E-state index contributed by atoms with van der Waals surface area (Å²) in [6.45, 7) is 2.91. The van der Waals surface area contributed by atoms with E-state index in [0.29, 0.717) is 11.5 Å². The standard InChI is InChI=1S/C15H15NO3/c1-2-16-12-5-9-14(10-6-12)19-13-7-3-11(4-8-13)15(17)18/h3-10,16H,2H2,1H3,(H,17,18). The maximum atomic E-state index is 10.7. The highest BCUT2D eigenvalue weighted by molar-refractivity contribution is 5.87. The van der Waals surface area contributed by atoms with E-state index in [1.54, 1.807) is 12.1 Å². The maximum absolute atomic E-state index is 10.7. The molecule has 0 unspecified atom stereocenters. The number of ether oxygens (including phenoxy) is 1. The molecule has 0 aliphatic carbocycles. The van der Waals surface area contributed by atoms with Crippen molar-refractivity contribution >= 4 is 11.7 Å². The number of carbonyl (C=O) groups is 1. The summed E-state index contributed by atoms with van der Waals surface area (Å²) in [5.41, 5.74) is 1.28. The van der Waals surface area contributed by atoms with Crippen LogP contribution >= 0.6 is 0 Å². The van der Waals surface area contributed by atoms with Crippen LogP contribution in [0.15, 0.2) is 48.5 Å². The molecule has 0 atom stereocenters. The van der Waals surface area contributed by atoms with Gasteiger partial charge in [0.25, 0.3) is 0 Å². The van der Waals surface area contributed by atoms with Crippen LogP contribution in [0.5, 0.6) is 11.5 Å². The molecule has 0 heterocycles. The van der Waals surface area contributed by atoms with Gasteiger partial charge in [0.15, 0.2) is 0 Å². The van der Waals surface area contributed by atoms with Gasteiger partial charge in [0.05, 0.1) is 5.56 Å².